The lowest BCUT2D eigenvalue weighted by molar-refractivity contribution is 0.288. The zero-order chi connectivity index (χ0) is 26.6. The number of allylic oxidation sites excluding steroid dienone is 2. The second kappa shape index (κ2) is 14.4. The van der Waals surface area contributed by atoms with Gasteiger partial charge in [-0.15, -0.1) is 0 Å². The lowest BCUT2D eigenvalue weighted by Crippen LogP contribution is -2.04. The molecule has 0 fully saturated rings. The van der Waals surface area contributed by atoms with Crippen molar-refractivity contribution in [2.24, 2.45) is 0 Å². The van der Waals surface area contributed by atoms with Crippen molar-refractivity contribution in [3.8, 4) is 22.6 Å². The third kappa shape index (κ3) is 8.34. The van der Waals surface area contributed by atoms with Crippen molar-refractivity contribution in [1.29, 1.82) is 0 Å². The van der Waals surface area contributed by atoms with Gasteiger partial charge in [0, 0.05) is 17.2 Å². The molecule has 3 rings (SSSR count). The summed E-state index contributed by atoms with van der Waals surface area (Å²) in [5.41, 5.74) is 2.26. The first-order chi connectivity index (χ1) is 17.9. The average Bonchev–Trinajstić information content (AvgIpc) is 2.91. The highest BCUT2D eigenvalue weighted by Gasteiger charge is 2.15. The lowest BCUT2D eigenvalue weighted by Gasteiger charge is -2.11. The van der Waals surface area contributed by atoms with Gasteiger partial charge in [-0.3, -0.25) is 0 Å². The van der Waals surface area contributed by atoms with Crippen LogP contribution >= 0.6 is 0 Å². The molecular weight excluding hydrogens is 487 g/mol. The molecule has 0 N–H and O–H groups in total. The van der Waals surface area contributed by atoms with Crippen LogP contribution < -0.4 is 9.47 Å². The van der Waals surface area contributed by atoms with Crippen molar-refractivity contribution in [3.63, 3.8) is 0 Å². The van der Waals surface area contributed by atoms with Gasteiger partial charge in [0.15, 0.2) is 11.6 Å². The van der Waals surface area contributed by atoms with Gasteiger partial charge in [-0.2, -0.15) is 4.39 Å². The smallest absolute Gasteiger partial charge is 0.201 e. The first kappa shape index (κ1) is 28.2. The highest BCUT2D eigenvalue weighted by molar-refractivity contribution is 5.65. The summed E-state index contributed by atoms with van der Waals surface area (Å²) in [7, 11) is 0. The Hall–Kier alpha value is -3.35. The highest BCUT2D eigenvalue weighted by atomic mass is 19.2. The van der Waals surface area contributed by atoms with Crippen LogP contribution in [-0.4, -0.2) is 13.3 Å². The number of aryl methyl sites for hydroxylation is 1. The second-order valence-corrected chi connectivity index (χ2v) is 8.65. The molecule has 198 valence electrons. The normalized spacial score (nSPS) is 11.6. The fraction of sp³-hybridized carbons (Fsp3) is 0.333. The van der Waals surface area contributed by atoms with E-state index in [2.05, 4.69) is 0 Å². The van der Waals surface area contributed by atoms with Crippen LogP contribution in [0.25, 0.3) is 11.1 Å². The summed E-state index contributed by atoms with van der Waals surface area (Å²) in [4.78, 5) is 0. The fourth-order valence-electron chi connectivity index (χ4n) is 3.92. The third-order valence-electron chi connectivity index (χ3n) is 5.94. The standard InChI is InChI=1S/C30H31F5O2/c1-2-36-28-17-14-23(29(34)30(28)35)20-37-25-15-16-26(27(33)18-25)22-12-10-21(11-13-22)8-6-4-3-5-7-9-24(32)19-31/h9-18H,2-8,19-20H2,1H3. The first-order valence-electron chi connectivity index (χ1n) is 12.4. The minimum absolute atomic E-state index is 0.00330. The van der Waals surface area contributed by atoms with Gasteiger partial charge in [0.05, 0.1) is 6.61 Å². The molecule has 37 heavy (non-hydrogen) atoms. The van der Waals surface area contributed by atoms with Crippen molar-refractivity contribution >= 4 is 0 Å². The van der Waals surface area contributed by atoms with Crippen molar-refractivity contribution in [3.05, 3.63) is 95.1 Å². The van der Waals surface area contributed by atoms with Gasteiger partial charge >= 0.3 is 0 Å². The molecule has 0 spiro atoms. The minimum Gasteiger partial charge on any atom is -0.491 e. The van der Waals surface area contributed by atoms with Crippen LogP contribution in [0.4, 0.5) is 22.0 Å². The second-order valence-electron chi connectivity index (χ2n) is 8.65. The summed E-state index contributed by atoms with van der Waals surface area (Å²) < 4.78 is 78.3. The topological polar surface area (TPSA) is 18.5 Å². The van der Waals surface area contributed by atoms with Crippen LogP contribution in [0.1, 0.15) is 50.2 Å². The van der Waals surface area contributed by atoms with Crippen LogP contribution in [0.15, 0.2) is 66.5 Å². The molecule has 0 aliphatic heterocycles. The van der Waals surface area contributed by atoms with E-state index >= 15 is 0 Å². The summed E-state index contributed by atoms with van der Waals surface area (Å²) in [5, 5.41) is 0. The van der Waals surface area contributed by atoms with Gasteiger partial charge in [0.1, 0.15) is 30.7 Å². The van der Waals surface area contributed by atoms with Gasteiger partial charge in [-0.25, -0.2) is 17.6 Å². The van der Waals surface area contributed by atoms with Gasteiger partial charge < -0.3 is 9.47 Å². The molecule has 0 saturated carbocycles. The Balaban J connectivity index is 1.50. The molecule has 0 amide bonds. The summed E-state index contributed by atoms with van der Waals surface area (Å²) in [6.07, 6.45) is 6.50. The number of ether oxygens (including phenoxy) is 2. The Labute approximate surface area is 214 Å². The van der Waals surface area contributed by atoms with E-state index in [0.717, 1.165) is 37.7 Å². The number of benzene rings is 3. The van der Waals surface area contributed by atoms with Crippen LogP contribution in [0, 0.1) is 17.5 Å². The fourth-order valence-corrected chi connectivity index (χ4v) is 3.92. The number of rotatable bonds is 14. The van der Waals surface area contributed by atoms with E-state index in [9.17, 15) is 22.0 Å². The maximum absolute atomic E-state index is 14.8. The van der Waals surface area contributed by atoms with E-state index in [1.54, 1.807) is 19.1 Å². The highest BCUT2D eigenvalue weighted by Crippen LogP contribution is 2.28. The first-order valence-corrected chi connectivity index (χ1v) is 12.4. The van der Waals surface area contributed by atoms with Gasteiger partial charge in [0.2, 0.25) is 5.82 Å². The summed E-state index contributed by atoms with van der Waals surface area (Å²) >= 11 is 0. The number of halogens is 5. The van der Waals surface area contributed by atoms with Gasteiger partial charge in [-0.1, -0.05) is 43.2 Å². The Bertz CT molecular complexity index is 1180. The SMILES string of the molecule is CCOc1ccc(COc2ccc(-c3ccc(CCCCCCC=C(F)CF)cc3)c(F)c2)c(F)c1F. The quantitative estimate of drug-likeness (QED) is 0.157. The minimum atomic E-state index is -1.08. The van der Waals surface area contributed by atoms with E-state index in [4.69, 9.17) is 9.47 Å². The predicted octanol–water partition coefficient (Wildman–Crippen LogP) is 9.06. The monoisotopic (exact) mass is 518 g/mol. The van der Waals surface area contributed by atoms with Gasteiger partial charge in [-0.05, 0) is 68.0 Å². The maximum Gasteiger partial charge on any atom is 0.201 e. The zero-order valence-corrected chi connectivity index (χ0v) is 20.8. The molecule has 7 heteroatoms. The molecule has 0 aromatic heterocycles. The van der Waals surface area contributed by atoms with Crippen LogP contribution in [-0.2, 0) is 13.0 Å². The predicted molar refractivity (Wildman–Crippen MR) is 136 cm³/mol. The molecule has 0 unspecified atom stereocenters. The third-order valence-corrected chi connectivity index (χ3v) is 5.94. The van der Waals surface area contributed by atoms with Crippen LogP contribution in [0.3, 0.4) is 0 Å². The molecule has 0 radical (unpaired) electrons. The van der Waals surface area contributed by atoms with E-state index in [-0.39, 0.29) is 30.3 Å². The number of alkyl halides is 1. The summed E-state index contributed by atoms with van der Waals surface area (Å²) in [6, 6.07) is 14.8. The molecule has 0 heterocycles. The molecule has 0 bridgehead atoms. The molecule has 0 aliphatic rings. The number of hydrogen-bond acceptors (Lipinski definition) is 2. The Morgan fingerprint density at radius 2 is 1.59 bits per heavy atom. The average molecular weight is 519 g/mol. The molecule has 3 aromatic rings. The Morgan fingerprint density at radius 1 is 0.838 bits per heavy atom. The van der Waals surface area contributed by atoms with E-state index in [0.29, 0.717) is 17.5 Å². The summed E-state index contributed by atoms with van der Waals surface area (Å²) in [6.45, 7) is 0.599. The zero-order valence-electron chi connectivity index (χ0n) is 20.8. The maximum atomic E-state index is 14.8. The molecule has 0 aliphatic carbocycles. The van der Waals surface area contributed by atoms with Gasteiger partial charge in [0.25, 0.3) is 0 Å². The number of hydrogen-bond donors (Lipinski definition) is 0. The molecule has 0 atom stereocenters. The molecule has 2 nitrogen and oxygen atoms in total. The van der Waals surface area contributed by atoms with E-state index in [1.807, 2.05) is 24.3 Å². The molecule has 0 saturated heterocycles. The largest absolute Gasteiger partial charge is 0.491 e. The van der Waals surface area contributed by atoms with Crippen molar-refractivity contribution in [2.45, 2.75) is 52.1 Å². The molecule has 3 aromatic carbocycles. The lowest BCUT2D eigenvalue weighted by atomic mass is 10.0. The van der Waals surface area contributed by atoms with Crippen molar-refractivity contribution < 1.29 is 31.4 Å². The van der Waals surface area contributed by atoms with Crippen LogP contribution in [0.2, 0.25) is 0 Å². The summed E-state index contributed by atoms with van der Waals surface area (Å²) in [5.74, 6) is -3.27. The molecular formula is C30H31F5O2. The number of unbranched alkanes of at least 4 members (excludes halogenated alkanes) is 4. The van der Waals surface area contributed by atoms with E-state index < -0.39 is 30.0 Å². The van der Waals surface area contributed by atoms with E-state index in [1.165, 1.54) is 24.3 Å². The van der Waals surface area contributed by atoms with Crippen molar-refractivity contribution in [2.75, 3.05) is 13.3 Å². The Kier molecular flexibility index (Phi) is 11.0. The Morgan fingerprint density at radius 3 is 2.30 bits per heavy atom. The van der Waals surface area contributed by atoms with Crippen molar-refractivity contribution in [1.82, 2.24) is 0 Å². The van der Waals surface area contributed by atoms with Crippen LogP contribution in [0.5, 0.6) is 11.5 Å².